The zero-order valence-electron chi connectivity index (χ0n) is 13.8. The molecule has 23 heavy (non-hydrogen) atoms. The van der Waals surface area contributed by atoms with E-state index < -0.39 is 17.9 Å². The molecule has 7 nitrogen and oxygen atoms in total. The second-order valence-electron chi connectivity index (χ2n) is 6.43. The van der Waals surface area contributed by atoms with Crippen LogP contribution in [0.1, 0.15) is 32.9 Å². The van der Waals surface area contributed by atoms with Crippen LogP contribution in [-0.2, 0) is 26.8 Å². The zero-order valence-corrected chi connectivity index (χ0v) is 14.5. The number of ether oxygens (including phenoxy) is 1. The molecule has 1 amide bonds. The predicted octanol–water partition coefficient (Wildman–Crippen LogP) is 2.00. The van der Waals surface area contributed by atoms with Gasteiger partial charge in [0.15, 0.2) is 5.82 Å². The lowest BCUT2D eigenvalue weighted by Crippen LogP contribution is -2.37. The van der Waals surface area contributed by atoms with Crippen LogP contribution in [-0.4, -0.2) is 39.9 Å². The van der Waals surface area contributed by atoms with Gasteiger partial charge in [-0.15, -0.1) is 0 Å². The molecule has 0 bridgehead atoms. The maximum absolute atomic E-state index is 12.5. The first-order valence-electron chi connectivity index (χ1n) is 7.11. The standard InChI is InChI=1S/C15H20ClN3O4/c1-15(2,3)9-7-10(17-18(9)4)19-8(6-11(20)21)12(16)13(23-5)14(19)22/h7-8H,6H2,1-5H3,(H,20,21). The van der Waals surface area contributed by atoms with Crippen molar-refractivity contribution in [1.82, 2.24) is 9.78 Å². The van der Waals surface area contributed by atoms with Crippen molar-refractivity contribution in [2.75, 3.05) is 12.0 Å². The number of amides is 1. The molecule has 0 saturated heterocycles. The van der Waals surface area contributed by atoms with Gasteiger partial charge < -0.3 is 9.84 Å². The van der Waals surface area contributed by atoms with E-state index in [9.17, 15) is 9.59 Å². The van der Waals surface area contributed by atoms with Crippen LogP contribution in [0.2, 0.25) is 0 Å². The second kappa shape index (κ2) is 5.88. The topological polar surface area (TPSA) is 84.7 Å². The molecule has 1 atom stereocenters. The maximum atomic E-state index is 12.5. The monoisotopic (exact) mass is 341 g/mol. The van der Waals surface area contributed by atoms with Crippen molar-refractivity contribution in [2.24, 2.45) is 7.05 Å². The number of carboxylic acids is 1. The Morgan fingerprint density at radius 2 is 2.09 bits per heavy atom. The fraction of sp³-hybridized carbons (Fsp3) is 0.533. The average molecular weight is 342 g/mol. The molecular weight excluding hydrogens is 322 g/mol. The summed E-state index contributed by atoms with van der Waals surface area (Å²) in [5, 5.41) is 13.5. The van der Waals surface area contributed by atoms with Gasteiger partial charge in [-0.2, -0.15) is 5.10 Å². The molecule has 1 N–H and O–H groups in total. The van der Waals surface area contributed by atoms with Crippen molar-refractivity contribution in [3.05, 3.63) is 22.6 Å². The number of methoxy groups -OCH3 is 1. The van der Waals surface area contributed by atoms with Crippen molar-refractivity contribution in [3.63, 3.8) is 0 Å². The molecule has 0 aliphatic carbocycles. The molecule has 2 heterocycles. The maximum Gasteiger partial charge on any atom is 0.305 e. The Bertz CT molecular complexity index is 687. The largest absolute Gasteiger partial charge is 0.490 e. The summed E-state index contributed by atoms with van der Waals surface area (Å²) in [4.78, 5) is 24.9. The van der Waals surface area contributed by atoms with E-state index in [1.54, 1.807) is 17.8 Å². The molecular formula is C15H20ClN3O4. The normalized spacial score (nSPS) is 18.8. The lowest BCUT2D eigenvalue weighted by molar-refractivity contribution is -0.137. The predicted molar refractivity (Wildman–Crippen MR) is 85.3 cm³/mol. The molecule has 1 aromatic rings. The van der Waals surface area contributed by atoms with Crippen LogP contribution >= 0.6 is 11.6 Å². The third-order valence-corrected chi connectivity index (χ3v) is 4.11. The summed E-state index contributed by atoms with van der Waals surface area (Å²) in [6.07, 6.45) is -0.321. The van der Waals surface area contributed by atoms with Gasteiger partial charge in [-0.25, -0.2) is 0 Å². The van der Waals surface area contributed by atoms with Crippen LogP contribution < -0.4 is 4.90 Å². The summed E-state index contributed by atoms with van der Waals surface area (Å²) >= 11 is 6.16. The van der Waals surface area contributed by atoms with Gasteiger partial charge in [0, 0.05) is 24.2 Å². The van der Waals surface area contributed by atoms with Crippen LogP contribution in [0.3, 0.4) is 0 Å². The van der Waals surface area contributed by atoms with E-state index in [2.05, 4.69) is 5.10 Å². The summed E-state index contributed by atoms with van der Waals surface area (Å²) in [7, 11) is 3.11. The minimum Gasteiger partial charge on any atom is -0.490 e. The molecule has 126 valence electrons. The number of nitrogens with zero attached hydrogens (tertiary/aromatic N) is 3. The summed E-state index contributed by atoms with van der Waals surface area (Å²) in [5.41, 5.74) is 0.739. The van der Waals surface area contributed by atoms with Crippen LogP contribution in [0, 0.1) is 0 Å². The van der Waals surface area contributed by atoms with E-state index in [0.717, 1.165) is 5.69 Å². The Hall–Kier alpha value is -2.02. The number of rotatable bonds is 4. The van der Waals surface area contributed by atoms with Crippen LogP contribution in [0.15, 0.2) is 16.9 Å². The molecule has 1 aliphatic rings. The number of carbonyl (C=O) groups excluding carboxylic acids is 1. The minimum absolute atomic E-state index is 0.0409. The third kappa shape index (κ3) is 3.06. The number of hydrogen-bond acceptors (Lipinski definition) is 4. The van der Waals surface area contributed by atoms with Gasteiger partial charge in [0.1, 0.15) is 0 Å². The Morgan fingerprint density at radius 1 is 1.48 bits per heavy atom. The van der Waals surface area contributed by atoms with Crippen molar-refractivity contribution in [3.8, 4) is 0 Å². The number of carbonyl (C=O) groups is 2. The van der Waals surface area contributed by atoms with Gasteiger partial charge in [-0.1, -0.05) is 32.4 Å². The highest BCUT2D eigenvalue weighted by Gasteiger charge is 2.43. The fourth-order valence-corrected chi connectivity index (χ4v) is 3.02. The minimum atomic E-state index is -1.06. The quantitative estimate of drug-likeness (QED) is 0.905. The Kier molecular flexibility index (Phi) is 4.43. The highest BCUT2D eigenvalue weighted by Crippen LogP contribution is 2.36. The van der Waals surface area contributed by atoms with Crippen LogP contribution in [0.4, 0.5) is 5.82 Å². The number of aliphatic carboxylic acids is 1. The Balaban J connectivity index is 2.49. The lowest BCUT2D eigenvalue weighted by Gasteiger charge is -2.21. The fourth-order valence-electron chi connectivity index (χ4n) is 2.68. The molecule has 1 aliphatic heterocycles. The SMILES string of the molecule is COC1=C(Cl)C(CC(=O)O)N(c2cc(C(C)(C)C)n(C)n2)C1=O. The van der Waals surface area contributed by atoms with E-state index in [-0.39, 0.29) is 22.6 Å². The lowest BCUT2D eigenvalue weighted by atomic mass is 9.92. The smallest absolute Gasteiger partial charge is 0.305 e. The highest BCUT2D eigenvalue weighted by molar-refractivity contribution is 6.35. The Labute approximate surface area is 139 Å². The van der Waals surface area contributed by atoms with Gasteiger partial charge in [0.05, 0.1) is 24.6 Å². The third-order valence-electron chi connectivity index (χ3n) is 3.69. The van der Waals surface area contributed by atoms with Crippen molar-refractivity contribution < 1.29 is 19.4 Å². The highest BCUT2D eigenvalue weighted by atomic mass is 35.5. The number of halogens is 1. The van der Waals surface area contributed by atoms with Crippen molar-refractivity contribution in [1.29, 1.82) is 0 Å². The summed E-state index contributed by atoms with van der Waals surface area (Å²) in [5.74, 6) is -1.22. The van der Waals surface area contributed by atoms with E-state index in [0.29, 0.717) is 5.82 Å². The molecule has 1 unspecified atom stereocenters. The van der Waals surface area contributed by atoms with E-state index in [1.165, 1.54) is 12.0 Å². The van der Waals surface area contributed by atoms with E-state index >= 15 is 0 Å². The van der Waals surface area contributed by atoms with Gasteiger partial charge in [0.2, 0.25) is 5.76 Å². The number of aryl methyl sites for hydroxylation is 1. The van der Waals surface area contributed by atoms with E-state index in [1.807, 2.05) is 20.8 Å². The first kappa shape index (κ1) is 17.3. The van der Waals surface area contributed by atoms with Gasteiger partial charge in [-0.05, 0) is 0 Å². The van der Waals surface area contributed by atoms with Gasteiger partial charge in [-0.3, -0.25) is 19.2 Å². The van der Waals surface area contributed by atoms with Crippen molar-refractivity contribution >= 4 is 29.3 Å². The zero-order chi connectivity index (χ0) is 17.5. The summed E-state index contributed by atoms with van der Waals surface area (Å²) in [6.45, 7) is 6.08. The Morgan fingerprint density at radius 3 is 2.52 bits per heavy atom. The molecule has 0 radical (unpaired) electrons. The van der Waals surface area contributed by atoms with E-state index in [4.69, 9.17) is 21.4 Å². The van der Waals surface area contributed by atoms with Gasteiger partial charge in [0.25, 0.3) is 5.91 Å². The molecule has 1 aromatic heterocycles. The number of hydrogen-bond donors (Lipinski definition) is 1. The molecule has 0 fully saturated rings. The van der Waals surface area contributed by atoms with Crippen LogP contribution in [0.25, 0.3) is 0 Å². The molecule has 0 spiro atoms. The average Bonchev–Trinajstić information content (AvgIpc) is 2.88. The second-order valence-corrected chi connectivity index (χ2v) is 6.84. The van der Waals surface area contributed by atoms with Crippen LogP contribution in [0.5, 0.6) is 0 Å². The molecule has 0 saturated carbocycles. The van der Waals surface area contributed by atoms with Gasteiger partial charge >= 0.3 is 5.97 Å². The van der Waals surface area contributed by atoms with Crippen molar-refractivity contribution in [2.45, 2.75) is 38.6 Å². The number of aromatic nitrogens is 2. The molecule has 0 aromatic carbocycles. The number of carboxylic acid groups (broad SMARTS) is 1. The first-order valence-corrected chi connectivity index (χ1v) is 7.49. The number of anilines is 1. The first-order chi connectivity index (χ1) is 10.6. The summed E-state index contributed by atoms with van der Waals surface area (Å²) < 4.78 is 6.71. The molecule has 8 heteroatoms. The summed E-state index contributed by atoms with van der Waals surface area (Å²) in [6, 6.07) is 0.953. The molecule has 2 rings (SSSR count).